The van der Waals surface area contributed by atoms with E-state index in [1.165, 1.54) is 0 Å². The predicted octanol–water partition coefficient (Wildman–Crippen LogP) is 2.63. The summed E-state index contributed by atoms with van der Waals surface area (Å²) in [5, 5.41) is 3.37. The van der Waals surface area contributed by atoms with E-state index in [0.29, 0.717) is 12.5 Å². The molecule has 1 aliphatic heterocycles. The molecule has 2 aromatic heterocycles. The number of imidazole rings is 1. The largest absolute Gasteiger partial charge is 0.381 e. The van der Waals surface area contributed by atoms with E-state index < -0.39 is 0 Å². The van der Waals surface area contributed by atoms with Crippen LogP contribution in [-0.4, -0.2) is 58.7 Å². The fourth-order valence-electron chi connectivity index (χ4n) is 3.11. The van der Waals surface area contributed by atoms with Crippen molar-refractivity contribution in [3.05, 3.63) is 42.1 Å². The lowest BCUT2D eigenvalue weighted by atomic mass is 10.1. The molecule has 1 fully saturated rings. The number of pyridine rings is 1. The van der Waals surface area contributed by atoms with Crippen LogP contribution in [0.2, 0.25) is 0 Å². The van der Waals surface area contributed by atoms with Crippen molar-refractivity contribution in [1.29, 1.82) is 0 Å². The lowest BCUT2D eigenvalue weighted by Gasteiger charge is -2.24. The van der Waals surface area contributed by atoms with Gasteiger partial charge in [-0.05, 0) is 31.9 Å². The molecule has 1 atom stereocenters. The van der Waals surface area contributed by atoms with Gasteiger partial charge < -0.3 is 15.0 Å². The summed E-state index contributed by atoms with van der Waals surface area (Å²) in [7, 11) is 2.09. The van der Waals surface area contributed by atoms with Gasteiger partial charge in [-0.25, -0.2) is 15.0 Å². The number of hydrogen-bond acceptors (Lipinski definition) is 4. The SMILES string of the molecule is CCNC(=NCc1ccc(-n2ccnc2C)nc1)N(C)CC1CCOC1.I. The van der Waals surface area contributed by atoms with Gasteiger partial charge in [-0.3, -0.25) is 4.57 Å². The summed E-state index contributed by atoms with van der Waals surface area (Å²) < 4.78 is 7.44. The van der Waals surface area contributed by atoms with Crippen molar-refractivity contribution in [2.75, 3.05) is 33.4 Å². The molecule has 7 nitrogen and oxygen atoms in total. The van der Waals surface area contributed by atoms with E-state index in [1.807, 2.05) is 30.0 Å². The Hall–Kier alpha value is -1.68. The molecular formula is C19H29IN6O. The summed E-state index contributed by atoms with van der Waals surface area (Å²) in [5.74, 6) is 3.31. The number of guanidine groups is 1. The smallest absolute Gasteiger partial charge is 0.193 e. The minimum absolute atomic E-state index is 0. The molecule has 3 rings (SSSR count). The van der Waals surface area contributed by atoms with E-state index >= 15 is 0 Å². The maximum absolute atomic E-state index is 5.48. The Morgan fingerprint density at radius 2 is 2.26 bits per heavy atom. The Kier molecular flexibility index (Phi) is 8.49. The lowest BCUT2D eigenvalue weighted by molar-refractivity contribution is 0.181. The average molecular weight is 484 g/mol. The molecule has 2 aromatic rings. The second-order valence-electron chi connectivity index (χ2n) is 6.65. The molecule has 0 bridgehead atoms. The molecule has 0 radical (unpaired) electrons. The molecule has 1 unspecified atom stereocenters. The zero-order valence-electron chi connectivity index (χ0n) is 16.3. The third-order valence-electron chi connectivity index (χ3n) is 4.55. The highest BCUT2D eigenvalue weighted by Gasteiger charge is 2.19. The summed E-state index contributed by atoms with van der Waals surface area (Å²) in [6.45, 7) is 8.19. The summed E-state index contributed by atoms with van der Waals surface area (Å²) in [6, 6.07) is 4.08. The van der Waals surface area contributed by atoms with Crippen molar-refractivity contribution < 1.29 is 4.74 Å². The highest BCUT2D eigenvalue weighted by molar-refractivity contribution is 14.0. The number of hydrogen-bond donors (Lipinski definition) is 1. The first-order chi connectivity index (χ1) is 12.7. The zero-order valence-corrected chi connectivity index (χ0v) is 18.6. The highest BCUT2D eigenvalue weighted by Crippen LogP contribution is 2.13. The van der Waals surface area contributed by atoms with Crippen LogP contribution in [0.3, 0.4) is 0 Å². The van der Waals surface area contributed by atoms with Gasteiger partial charge in [-0.1, -0.05) is 6.07 Å². The molecule has 3 heterocycles. The Labute approximate surface area is 178 Å². The second-order valence-corrected chi connectivity index (χ2v) is 6.65. The Morgan fingerprint density at radius 1 is 1.41 bits per heavy atom. The monoisotopic (exact) mass is 484 g/mol. The zero-order chi connectivity index (χ0) is 18.4. The summed E-state index contributed by atoms with van der Waals surface area (Å²) in [4.78, 5) is 15.7. The van der Waals surface area contributed by atoms with Gasteiger partial charge in [0.05, 0.1) is 13.2 Å². The molecule has 0 spiro atoms. The van der Waals surface area contributed by atoms with Gasteiger partial charge >= 0.3 is 0 Å². The fraction of sp³-hybridized carbons (Fsp3) is 0.526. The molecule has 8 heteroatoms. The van der Waals surface area contributed by atoms with E-state index in [4.69, 9.17) is 9.73 Å². The van der Waals surface area contributed by atoms with Crippen LogP contribution in [0.1, 0.15) is 24.7 Å². The number of nitrogens with one attached hydrogen (secondary N) is 1. The number of rotatable bonds is 6. The van der Waals surface area contributed by atoms with Gasteiger partial charge in [-0.2, -0.15) is 0 Å². The summed E-state index contributed by atoms with van der Waals surface area (Å²) in [6.07, 6.45) is 6.71. The second kappa shape index (κ2) is 10.6. The van der Waals surface area contributed by atoms with Crippen LogP contribution < -0.4 is 5.32 Å². The normalized spacial score (nSPS) is 16.9. The Morgan fingerprint density at radius 3 is 2.85 bits per heavy atom. The quantitative estimate of drug-likeness (QED) is 0.388. The molecule has 148 valence electrons. The van der Waals surface area contributed by atoms with Gasteiger partial charge in [0.2, 0.25) is 0 Å². The van der Waals surface area contributed by atoms with Crippen molar-refractivity contribution in [1.82, 2.24) is 24.8 Å². The van der Waals surface area contributed by atoms with Gasteiger partial charge in [0.1, 0.15) is 11.6 Å². The molecule has 1 N–H and O–H groups in total. The van der Waals surface area contributed by atoms with Crippen LogP contribution in [0.5, 0.6) is 0 Å². The van der Waals surface area contributed by atoms with Crippen LogP contribution in [-0.2, 0) is 11.3 Å². The van der Waals surface area contributed by atoms with Crippen molar-refractivity contribution in [2.45, 2.75) is 26.8 Å². The Balaban J connectivity index is 0.00000261. The van der Waals surface area contributed by atoms with Crippen LogP contribution in [0, 0.1) is 12.8 Å². The van der Waals surface area contributed by atoms with Crippen molar-refractivity contribution >= 4 is 29.9 Å². The van der Waals surface area contributed by atoms with E-state index in [0.717, 1.165) is 55.9 Å². The maximum atomic E-state index is 5.48. The van der Waals surface area contributed by atoms with Crippen molar-refractivity contribution in [3.8, 4) is 5.82 Å². The fourth-order valence-corrected chi connectivity index (χ4v) is 3.11. The first kappa shape index (κ1) is 21.6. The first-order valence-electron chi connectivity index (χ1n) is 9.19. The van der Waals surface area contributed by atoms with E-state index in [-0.39, 0.29) is 24.0 Å². The van der Waals surface area contributed by atoms with E-state index in [1.54, 1.807) is 6.20 Å². The Bertz CT molecular complexity index is 724. The average Bonchev–Trinajstić information content (AvgIpc) is 3.30. The molecule has 27 heavy (non-hydrogen) atoms. The number of aryl methyl sites for hydroxylation is 1. The van der Waals surface area contributed by atoms with Crippen LogP contribution in [0.25, 0.3) is 5.82 Å². The molecule has 0 amide bonds. The molecule has 0 saturated carbocycles. The third-order valence-corrected chi connectivity index (χ3v) is 4.55. The van der Waals surface area contributed by atoms with Gasteiger partial charge in [-0.15, -0.1) is 24.0 Å². The topological polar surface area (TPSA) is 67.6 Å². The number of halogens is 1. The van der Waals surface area contributed by atoms with Crippen molar-refractivity contribution in [2.24, 2.45) is 10.9 Å². The predicted molar refractivity (Wildman–Crippen MR) is 118 cm³/mol. The molecule has 1 aliphatic rings. The van der Waals surface area contributed by atoms with Gasteiger partial charge in [0.15, 0.2) is 5.96 Å². The number of nitrogens with zero attached hydrogens (tertiary/aromatic N) is 5. The number of aliphatic imine (C=N–C) groups is 1. The standard InChI is InChI=1S/C19H28N6O.HI/c1-4-20-19(24(3)13-17-7-10-26-14-17)23-12-16-5-6-18(22-11-16)25-9-8-21-15(25)2;/h5-6,8-9,11,17H,4,7,10,12-14H2,1-3H3,(H,20,23);1H. The van der Waals surface area contributed by atoms with Crippen molar-refractivity contribution in [3.63, 3.8) is 0 Å². The maximum Gasteiger partial charge on any atom is 0.193 e. The molecule has 1 saturated heterocycles. The third kappa shape index (κ3) is 5.90. The lowest BCUT2D eigenvalue weighted by Crippen LogP contribution is -2.41. The molecular weight excluding hydrogens is 455 g/mol. The first-order valence-corrected chi connectivity index (χ1v) is 9.19. The van der Waals surface area contributed by atoms with E-state index in [2.05, 4.69) is 40.2 Å². The van der Waals surface area contributed by atoms with Crippen LogP contribution >= 0.6 is 24.0 Å². The summed E-state index contributed by atoms with van der Waals surface area (Å²) in [5.41, 5.74) is 1.08. The highest BCUT2D eigenvalue weighted by atomic mass is 127. The minimum atomic E-state index is 0. The molecule has 0 aliphatic carbocycles. The van der Waals surface area contributed by atoms with Crippen LogP contribution in [0.15, 0.2) is 35.7 Å². The minimum Gasteiger partial charge on any atom is -0.381 e. The molecule has 0 aromatic carbocycles. The van der Waals surface area contributed by atoms with Crippen LogP contribution in [0.4, 0.5) is 0 Å². The number of aromatic nitrogens is 3. The van der Waals surface area contributed by atoms with Gasteiger partial charge in [0, 0.05) is 51.3 Å². The number of ether oxygens (including phenoxy) is 1. The van der Waals surface area contributed by atoms with Gasteiger partial charge in [0.25, 0.3) is 0 Å². The van der Waals surface area contributed by atoms with E-state index in [9.17, 15) is 0 Å². The summed E-state index contributed by atoms with van der Waals surface area (Å²) >= 11 is 0.